The van der Waals surface area contributed by atoms with Gasteiger partial charge < -0.3 is 10.4 Å². The minimum Gasteiger partial charge on any atom is -0.381 e. The topological polar surface area (TPSA) is 66.4 Å². The van der Waals surface area contributed by atoms with Crippen molar-refractivity contribution in [3.63, 3.8) is 0 Å². The number of anilines is 1. The van der Waals surface area contributed by atoms with Gasteiger partial charge in [0.15, 0.2) is 0 Å². The van der Waals surface area contributed by atoms with E-state index in [1.807, 2.05) is 6.07 Å². The fourth-order valence-electron chi connectivity index (χ4n) is 5.72. The Hall–Kier alpha value is -1.68. The summed E-state index contributed by atoms with van der Waals surface area (Å²) in [6, 6.07) is 6.19. The van der Waals surface area contributed by atoms with Crippen molar-refractivity contribution < 1.29 is 14.7 Å². The number of benzene rings is 1. The molecular weight excluding hydrogens is 326 g/mol. The molecule has 0 bridgehead atoms. The van der Waals surface area contributed by atoms with Crippen molar-refractivity contribution in [2.24, 2.45) is 17.3 Å². The molecule has 0 radical (unpaired) electrons. The van der Waals surface area contributed by atoms with E-state index in [2.05, 4.69) is 24.4 Å². The van der Waals surface area contributed by atoms with Crippen LogP contribution in [-0.4, -0.2) is 22.4 Å². The van der Waals surface area contributed by atoms with Crippen LogP contribution in [0.1, 0.15) is 69.9 Å². The lowest BCUT2D eigenvalue weighted by atomic mass is 9.55. The van der Waals surface area contributed by atoms with Crippen molar-refractivity contribution in [3.8, 4) is 0 Å². The molecule has 4 heteroatoms. The number of hydrogen-bond donors (Lipinski definition) is 2. The lowest BCUT2D eigenvalue weighted by molar-refractivity contribution is -0.130. The maximum Gasteiger partial charge on any atom is 0.255 e. The second-order valence-corrected chi connectivity index (χ2v) is 9.26. The highest BCUT2D eigenvalue weighted by molar-refractivity contribution is 5.96. The lowest BCUT2D eigenvalue weighted by Crippen LogP contribution is -2.42. The fourth-order valence-corrected chi connectivity index (χ4v) is 5.72. The minimum atomic E-state index is -1.39. The first-order valence-corrected chi connectivity index (χ1v) is 9.90. The summed E-state index contributed by atoms with van der Waals surface area (Å²) in [7, 11) is 0. The minimum absolute atomic E-state index is 0.0840. The molecule has 2 fully saturated rings. The van der Waals surface area contributed by atoms with E-state index in [1.54, 1.807) is 0 Å². The number of hydrogen-bond acceptors (Lipinski definition) is 3. The molecule has 1 aromatic rings. The number of aryl methyl sites for hydroxylation is 1. The van der Waals surface area contributed by atoms with Crippen molar-refractivity contribution >= 4 is 17.4 Å². The molecule has 1 aromatic carbocycles. The smallest absolute Gasteiger partial charge is 0.255 e. The van der Waals surface area contributed by atoms with Gasteiger partial charge in [0.05, 0.1) is 0 Å². The molecule has 2 N–H and O–H groups in total. The highest BCUT2D eigenvalue weighted by atomic mass is 16.3. The molecule has 0 aromatic heterocycles. The predicted octanol–water partition coefficient (Wildman–Crippen LogP) is 3.82. The van der Waals surface area contributed by atoms with Crippen LogP contribution < -0.4 is 5.32 Å². The van der Waals surface area contributed by atoms with Crippen molar-refractivity contribution in [1.82, 2.24) is 0 Å². The van der Waals surface area contributed by atoms with E-state index in [0.717, 1.165) is 44.2 Å². The number of ketones is 1. The SMILES string of the molecule is CC(C)(O)C(=O)Nc1ccc2c(c1)CC[C@@H]1[C@@H]2CC[C@]2(C)C(=O)CC[C@@H]12. The molecule has 140 valence electrons. The highest BCUT2D eigenvalue weighted by Crippen LogP contribution is 2.59. The van der Waals surface area contributed by atoms with Gasteiger partial charge in [0.1, 0.15) is 11.4 Å². The van der Waals surface area contributed by atoms with Gasteiger partial charge >= 0.3 is 0 Å². The average Bonchev–Trinajstić information content (AvgIpc) is 2.89. The van der Waals surface area contributed by atoms with Gasteiger partial charge in [0.2, 0.25) is 0 Å². The van der Waals surface area contributed by atoms with Crippen LogP contribution in [0.25, 0.3) is 0 Å². The van der Waals surface area contributed by atoms with Gasteiger partial charge in [-0.1, -0.05) is 13.0 Å². The molecule has 4 atom stereocenters. The van der Waals surface area contributed by atoms with Crippen LogP contribution in [0.4, 0.5) is 5.69 Å². The second kappa shape index (κ2) is 5.91. The summed E-state index contributed by atoms with van der Waals surface area (Å²) in [6.07, 6.45) is 6.06. The highest BCUT2D eigenvalue weighted by Gasteiger charge is 2.54. The quantitative estimate of drug-likeness (QED) is 0.847. The Kier molecular flexibility index (Phi) is 4.03. The van der Waals surface area contributed by atoms with Crippen LogP contribution in [-0.2, 0) is 16.0 Å². The molecule has 0 heterocycles. The van der Waals surface area contributed by atoms with Crippen LogP contribution in [0.5, 0.6) is 0 Å². The first kappa shape index (κ1) is 17.7. The van der Waals surface area contributed by atoms with Crippen molar-refractivity contribution in [3.05, 3.63) is 29.3 Å². The molecule has 4 nitrogen and oxygen atoms in total. The molecular formula is C22H29NO3. The van der Waals surface area contributed by atoms with Crippen molar-refractivity contribution in [2.75, 3.05) is 5.32 Å². The number of amides is 1. The molecule has 0 spiro atoms. The zero-order chi connectivity index (χ0) is 18.7. The van der Waals surface area contributed by atoms with E-state index < -0.39 is 5.60 Å². The summed E-state index contributed by atoms with van der Waals surface area (Å²) in [4.78, 5) is 24.4. The molecule has 26 heavy (non-hydrogen) atoms. The van der Waals surface area contributed by atoms with Crippen molar-refractivity contribution in [1.29, 1.82) is 0 Å². The van der Waals surface area contributed by atoms with Gasteiger partial charge in [0.25, 0.3) is 5.91 Å². The number of carbonyl (C=O) groups excluding carboxylic acids is 2. The Morgan fingerprint density at radius 3 is 2.73 bits per heavy atom. The van der Waals surface area contributed by atoms with Crippen LogP contribution in [0.3, 0.4) is 0 Å². The summed E-state index contributed by atoms with van der Waals surface area (Å²) in [6.45, 7) is 5.19. The Bertz CT molecular complexity index is 763. The zero-order valence-corrected chi connectivity index (χ0v) is 16.0. The third-order valence-electron chi connectivity index (χ3n) is 7.25. The van der Waals surface area contributed by atoms with Crippen LogP contribution >= 0.6 is 0 Å². The van der Waals surface area contributed by atoms with E-state index in [-0.39, 0.29) is 11.3 Å². The maximum atomic E-state index is 12.4. The summed E-state index contributed by atoms with van der Waals surface area (Å²) in [5.74, 6) is 1.79. The Labute approximate surface area is 155 Å². The van der Waals surface area contributed by atoms with E-state index in [4.69, 9.17) is 0 Å². The van der Waals surface area contributed by atoms with Crippen LogP contribution in [0, 0.1) is 17.3 Å². The van der Waals surface area contributed by atoms with Gasteiger partial charge in [-0.05, 0) is 87.0 Å². The second-order valence-electron chi connectivity index (χ2n) is 9.26. The lowest BCUT2D eigenvalue weighted by Gasteiger charge is -2.48. The molecule has 3 aliphatic rings. The summed E-state index contributed by atoms with van der Waals surface area (Å²) < 4.78 is 0. The number of rotatable bonds is 2. The molecule has 3 aliphatic carbocycles. The van der Waals surface area contributed by atoms with Gasteiger partial charge in [0, 0.05) is 17.5 Å². The summed E-state index contributed by atoms with van der Waals surface area (Å²) in [5.41, 5.74) is 2.01. The van der Waals surface area contributed by atoms with E-state index in [1.165, 1.54) is 25.0 Å². The van der Waals surface area contributed by atoms with Gasteiger partial charge in [-0.25, -0.2) is 0 Å². The maximum absolute atomic E-state index is 12.4. The third kappa shape index (κ3) is 2.70. The van der Waals surface area contributed by atoms with Gasteiger partial charge in [-0.15, -0.1) is 0 Å². The van der Waals surface area contributed by atoms with E-state index in [9.17, 15) is 14.7 Å². The zero-order valence-electron chi connectivity index (χ0n) is 16.0. The molecule has 0 unspecified atom stereocenters. The monoisotopic (exact) mass is 355 g/mol. The standard InChI is InChI=1S/C22H29NO3/c1-21(2,26)20(25)23-14-5-7-15-13(12-14)4-6-17-16(15)10-11-22(3)18(17)8-9-19(22)24/h5,7,12,16-18,26H,4,6,8-11H2,1-3H3,(H,23,25)/t16-,17-,18+,22+/m1/s1. The number of fused-ring (bicyclic) bond motifs is 5. The van der Waals surface area contributed by atoms with E-state index >= 15 is 0 Å². The molecule has 2 saturated carbocycles. The number of carbonyl (C=O) groups is 2. The molecule has 4 rings (SSSR count). The average molecular weight is 355 g/mol. The third-order valence-corrected chi connectivity index (χ3v) is 7.25. The molecule has 1 amide bonds. The fraction of sp³-hybridized carbons (Fsp3) is 0.636. The first-order valence-electron chi connectivity index (χ1n) is 9.90. The number of aliphatic hydroxyl groups is 1. The molecule has 0 saturated heterocycles. The number of Topliss-reactive ketones (excluding diaryl/α,β-unsaturated/α-hetero) is 1. The Morgan fingerprint density at radius 1 is 1.23 bits per heavy atom. The largest absolute Gasteiger partial charge is 0.381 e. The van der Waals surface area contributed by atoms with Gasteiger partial charge in [-0.3, -0.25) is 9.59 Å². The summed E-state index contributed by atoms with van der Waals surface area (Å²) in [5, 5.41) is 12.7. The van der Waals surface area contributed by atoms with Crippen LogP contribution in [0.15, 0.2) is 18.2 Å². The molecule has 0 aliphatic heterocycles. The van der Waals surface area contributed by atoms with Crippen molar-refractivity contribution in [2.45, 2.75) is 70.8 Å². The Morgan fingerprint density at radius 2 is 2.00 bits per heavy atom. The normalized spacial score (nSPS) is 33.2. The number of nitrogens with one attached hydrogen (secondary N) is 1. The predicted molar refractivity (Wildman–Crippen MR) is 101 cm³/mol. The summed E-state index contributed by atoms with van der Waals surface area (Å²) >= 11 is 0. The van der Waals surface area contributed by atoms with Gasteiger partial charge in [-0.2, -0.15) is 0 Å². The Balaban J connectivity index is 1.58. The van der Waals surface area contributed by atoms with Crippen LogP contribution in [0.2, 0.25) is 0 Å². The first-order chi connectivity index (χ1) is 12.2. The van der Waals surface area contributed by atoms with E-state index in [0.29, 0.717) is 23.5 Å².